The Morgan fingerprint density at radius 3 is 2.64 bits per heavy atom. The molecule has 4 rings (SSSR count). The molecule has 0 aromatic heterocycles. The quantitative estimate of drug-likeness (QED) is 0.206. The molecule has 1 aromatic carbocycles. The summed E-state index contributed by atoms with van der Waals surface area (Å²) in [7, 11) is 0. The summed E-state index contributed by atoms with van der Waals surface area (Å²) in [5.74, 6) is -1.64. The number of thioether (sulfide) groups is 1. The second-order valence-electron chi connectivity index (χ2n) is 8.96. The van der Waals surface area contributed by atoms with E-state index in [9.17, 15) is 29.6 Å². The summed E-state index contributed by atoms with van der Waals surface area (Å²) >= 11 is 1.43. The van der Waals surface area contributed by atoms with E-state index in [1.807, 2.05) is 6.92 Å². The van der Waals surface area contributed by atoms with E-state index >= 15 is 0 Å². The van der Waals surface area contributed by atoms with Crippen LogP contribution in [0.2, 0.25) is 0 Å². The summed E-state index contributed by atoms with van der Waals surface area (Å²) in [6.07, 6.45) is -0.857. The Hall–Kier alpha value is -3.45. The Morgan fingerprint density at radius 2 is 2.08 bits per heavy atom. The van der Waals surface area contributed by atoms with Crippen molar-refractivity contribution in [3.05, 3.63) is 50.5 Å². The molecule has 36 heavy (non-hydrogen) atoms. The third-order valence-electron chi connectivity index (χ3n) is 6.36. The number of rotatable bonds is 7. The number of nitro benzene ring substituents is 1. The van der Waals surface area contributed by atoms with Crippen molar-refractivity contribution in [2.75, 3.05) is 13.1 Å². The first kappa shape index (κ1) is 25.6. The van der Waals surface area contributed by atoms with Crippen molar-refractivity contribution in [1.29, 1.82) is 0 Å². The molecule has 1 aromatic rings. The highest BCUT2D eigenvalue weighted by atomic mass is 32.2. The average molecular weight is 518 g/mol. The lowest BCUT2D eigenvalue weighted by atomic mass is 9.79. The van der Waals surface area contributed by atoms with Crippen LogP contribution in [0, 0.1) is 22.0 Å². The van der Waals surface area contributed by atoms with Crippen LogP contribution in [0.4, 0.5) is 5.69 Å². The van der Waals surface area contributed by atoms with Crippen molar-refractivity contribution in [3.63, 3.8) is 0 Å². The van der Waals surface area contributed by atoms with Crippen LogP contribution >= 0.6 is 11.8 Å². The smallest absolute Gasteiger partial charge is 0.356 e. The predicted octanol–water partition coefficient (Wildman–Crippen LogP) is 0.904. The molecule has 1 unspecified atom stereocenters. The van der Waals surface area contributed by atoms with Gasteiger partial charge in [0.25, 0.3) is 5.69 Å². The monoisotopic (exact) mass is 517 g/mol. The summed E-state index contributed by atoms with van der Waals surface area (Å²) in [5.41, 5.74) is 0.664. The summed E-state index contributed by atoms with van der Waals surface area (Å²) < 4.78 is 5.51. The van der Waals surface area contributed by atoms with E-state index in [2.05, 4.69) is 15.6 Å². The number of aliphatic imine (C=N–C) groups is 1. The summed E-state index contributed by atoms with van der Waals surface area (Å²) in [6.45, 7) is 5.64. The molecule has 0 spiro atoms. The fourth-order valence-corrected chi connectivity index (χ4v) is 5.96. The number of esters is 1. The second-order valence-corrected chi connectivity index (χ2v) is 10.3. The third kappa shape index (κ3) is 4.93. The summed E-state index contributed by atoms with van der Waals surface area (Å²) in [4.78, 5) is 54.2. The van der Waals surface area contributed by atoms with Crippen LogP contribution in [0.1, 0.15) is 26.3 Å². The predicted molar refractivity (Wildman–Crippen MR) is 130 cm³/mol. The zero-order chi connectivity index (χ0) is 26.1. The van der Waals surface area contributed by atoms with Gasteiger partial charge in [-0.2, -0.15) is 0 Å². The molecule has 3 heterocycles. The number of nitro groups is 1. The van der Waals surface area contributed by atoms with Gasteiger partial charge in [0.2, 0.25) is 11.8 Å². The molecule has 3 aliphatic heterocycles. The number of carbonyl (C=O) groups excluding carboxylic acids is 3. The molecule has 2 amide bonds. The number of ether oxygens (including phenoxy) is 1. The van der Waals surface area contributed by atoms with Crippen molar-refractivity contribution in [1.82, 2.24) is 15.5 Å². The maximum Gasteiger partial charge on any atom is 0.356 e. The number of guanidine groups is 1. The van der Waals surface area contributed by atoms with Gasteiger partial charge in [0, 0.05) is 41.7 Å². The molecule has 12 nitrogen and oxygen atoms in total. The van der Waals surface area contributed by atoms with Gasteiger partial charge in [-0.1, -0.05) is 6.92 Å². The molecule has 192 valence electrons. The fraction of sp³-hybridized carbons (Fsp3) is 0.478. The van der Waals surface area contributed by atoms with E-state index < -0.39 is 22.9 Å². The minimum absolute atomic E-state index is 0.0590. The number of β-lactam (4-membered cyclic amide) rings is 1. The van der Waals surface area contributed by atoms with Crippen LogP contribution in [0.15, 0.2) is 39.9 Å². The maximum absolute atomic E-state index is 13.2. The number of nitrogens with zero attached hydrogens (tertiary/aromatic N) is 3. The van der Waals surface area contributed by atoms with Gasteiger partial charge in [-0.3, -0.25) is 30.0 Å². The zero-order valence-electron chi connectivity index (χ0n) is 20.0. The van der Waals surface area contributed by atoms with Crippen LogP contribution in [-0.2, 0) is 25.7 Å². The van der Waals surface area contributed by atoms with Gasteiger partial charge in [0.15, 0.2) is 5.96 Å². The molecule has 0 saturated carbocycles. The van der Waals surface area contributed by atoms with Crippen LogP contribution in [0.25, 0.3) is 0 Å². The largest absolute Gasteiger partial charge is 0.456 e. The average Bonchev–Trinajstić information content (AvgIpc) is 3.06. The molecule has 1 fully saturated rings. The highest BCUT2D eigenvalue weighted by Gasteiger charge is 2.60. The van der Waals surface area contributed by atoms with E-state index in [1.165, 1.54) is 47.9 Å². The standard InChI is InChI=1S/C23H27N5O7S/c1-11-18-17(12(2)29)21(31)27(18)19(20(11)36-16-8-24-23(25-9-16)26-13(3)30)22(32)35-10-14-4-6-15(7-5-14)28(33)34/h4-7,11-12,16-18,29H,8-10H2,1-3H3,(H2,24,25,26,30)/t11-,12-,17-,18-/m1/s1. The summed E-state index contributed by atoms with van der Waals surface area (Å²) in [6, 6.07) is 5.32. The number of aliphatic hydroxyl groups is 1. The highest BCUT2D eigenvalue weighted by molar-refractivity contribution is 8.03. The molecule has 0 radical (unpaired) electrons. The molecule has 0 aliphatic carbocycles. The first-order chi connectivity index (χ1) is 17.1. The van der Waals surface area contributed by atoms with Gasteiger partial charge in [-0.05, 0) is 24.6 Å². The molecule has 3 aliphatic rings. The highest BCUT2D eigenvalue weighted by Crippen LogP contribution is 2.51. The van der Waals surface area contributed by atoms with Gasteiger partial charge in [0.1, 0.15) is 12.3 Å². The molecular formula is C23H27N5O7S. The Balaban J connectivity index is 1.53. The zero-order valence-corrected chi connectivity index (χ0v) is 20.8. The molecular weight excluding hydrogens is 490 g/mol. The number of hydrogen-bond donors (Lipinski definition) is 3. The fourth-order valence-electron chi connectivity index (χ4n) is 4.63. The summed E-state index contributed by atoms with van der Waals surface area (Å²) in [5, 5.41) is 26.6. The number of aliphatic hydroxyl groups excluding tert-OH is 1. The van der Waals surface area contributed by atoms with Gasteiger partial charge < -0.3 is 20.1 Å². The molecule has 5 atom stereocenters. The molecule has 0 bridgehead atoms. The third-order valence-corrected chi connectivity index (χ3v) is 7.83. The Bertz CT molecular complexity index is 1150. The minimum Gasteiger partial charge on any atom is -0.456 e. The van der Waals surface area contributed by atoms with Crippen LogP contribution in [-0.4, -0.2) is 69.2 Å². The van der Waals surface area contributed by atoms with Crippen LogP contribution in [0.5, 0.6) is 0 Å². The molecule has 13 heteroatoms. The van der Waals surface area contributed by atoms with Crippen molar-refractivity contribution in [3.8, 4) is 0 Å². The van der Waals surface area contributed by atoms with Crippen molar-refractivity contribution >= 4 is 41.2 Å². The van der Waals surface area contributed by atoms with Crippen molar-refractivity contribution in [2.45, 2.75) is 44.8 Å². The normalized spacial score (nSPS) is 25.8. The first-order valence-electron chi connectivity index (χ1n) is 11.5. The van der Waals surface area contributed by atoms with Crippen molar-refractivity contribution < 1.29 is 29.2 Å². The Kier molecular flexibility index (Phi) is 7.31. The number of nitrogens with one attached hydrogen (secondary N) is 2. The lowest BCUT2D eigenvalue weighted by Gasteiger charge is -2.46. The van der Waals surface area contributed by atoms with Crippen LogP contribution in [0.3, 0.4) is 0 Å². The van der Waals surface area contributed by atoms with E-state index in [-0.39, 0.29) is 47.0 Å². The number of hydrogen-bond acceptors (Lipinski definition) is 10. The second kappa shape index (κ2) is 10.3. The van der Waals surface area contributed by atoms with Crippen LogP contribution < -0.4 is 10.6 Å². The number of amides is 2. The molecule has 3 N–H and O–H groups in total. The van der Waals surface area contributed by atoms with Gasteiger partial charge in [0.05, 0.1) is 29.5 Å². The number of fused-ring (bicyclic) bond motifs is 1. The lowest BCUT2D eigenvalue weighted by molar-refractivity contribution is -0.384. The Labute approximate surface area is 211 Å². The van der Waals surface area contributed by atoms with E-state index in [4.69, 9.17) is 4.74 Å². The van der Waals surface area contributed by atoms with E-state index in [0.717, 1.165) is 0 Å². The maximum atomic E-state index is 13.2. The first-order valence-corrected chi connectivity index (χ1v) is 12.3. The number of non-ortho nitro benzene ring substituents is 1. The number of carbonyl (C=O) groups is 3. The van der Waals surface area contributed by atoms with Gasteiger partial charge in [-0.15, -0.1) is 11.8 Å². The number of benzene rings is 1. The molecule has 1 saturated heterocycles. The SMILES string of the molecule is CC(=O)NC1=NCC(SC2=C(C(=O)OCc3ccc([N+](=O)[O-])cc3)N3C(=O)[C@H]([C@@H](C)O)[C@H]3[C@H]2C)CN1. The lowest BCUT2D eigenvalue weighted by Crippen LogP contribution is -2.63. The Morgan fingerprint density at radius 1 is 1.39 bits per heavy atom. The van der Waals surface area contributed by atoms with Gasteiger partial charge in [-0.25, -0.2) is 4.79 Å². The topological polar surface area (TPSA) is 163 Å². The van der Waals surface area contributed by atoms with E-state index in [0.29, 0.717) is 29.5 Å². The van der Waals surface area contributed by atoms with Crippen molar-refractivity contribution in [2.24, 2.45) is 16.8 Å². The minimum atomic E-state index is -0.857. The van der Waals surface area contributed by atoms with Gasteiger partial charge >= 0.3 is 5.97 Å². The van der Waals surface area contributed by atoms with E-state index in [1.54, 1.807) is 6.92 Å².